The second kappa shape index (κ2) is 3.90. The maximum atomic E-state index is 11.7. The van der Waals surface area contributed by atoms with Gasteiger partial charge in [-0.1, -0.05) is 13.8 Å². The predicted molar refractivity (Wildman–Crippen MR) is 65.2 cm³/mol. The molecule has 16 heavy (non-hydrogen) atoms. The minimum Gasteiger partial charge on any atom is -0.343 e. The number of aromatic nitrogens is 2. The van der Waals surface area contributed by atoms with Crippen molar-refractivity contribution in [3.05, 3.63) is 23.0 Å². The number of carbonyl (C=O) groups excluding carboxylic acids is 1. The first-order valence-corrected chi connectivity index (χ1v) is 6.00. The van der Waals surface area contributed by atoms with Gasteiger partial charge < -0.3 is 4.90 Å². The molecule has 0 saturated carbocycles. The molecule has 0 atom stereocenters. The Balaban J connectivity index is 2.40. The van der Waals surface area contributed by atoms with Crippen molar-refractivity contribution >= 4 is 22.2 Å². The molecule has 0 aliphatic heterocycles. The second-order valence-corrected chi connectivity index (χ2v) is 5.34. The minimum absolute atomic E-state index is 0.0537. The lowest BCUT2D eigenvalue weighted by molar-refractivity contribution is 0.0822. The molecule has 0 radical (unpaired) electrons. The van der Waals surface area contributed by atoms with Gasteiger partial charge in [-0.2, -0.15) is 0 Å². The van der Waals surface area contributed by atoms with E-state index in [0.29, 0.717) is 11.6 Å². The van der Waals surface area contributed by atoms with Gasteiger partial charge in [0, 0.05) is 31.4 Å². The van der Waals surface area contributed by atoms with Gasteiger partial charge in [0.15, 0.2) is 4.96 Å². The van der Waals surface area contributed by atoms with Crippen LogP contribution in [0.5, 0.6) is 0 Å². The third-order valence-electron chi connectivity index (χ3n) is 2.37. The smallest absolute Gasteiger partial charge is 0.273 e. The van der Waals surface area contributed by atoms with Crippen LogP contribution in [0.2, 0.25) is 0 Å². The molecule has 4 nitrogen and oxygen atoms in total. The summed E-state index contributed by atoms with van der Waals surface area (Å²) in [6.45, 7) is 4.30. The summed E-state index contributed by atoms with van der Waals surface area (Å²) < 4.78 is 1.93. The van der Waals surface area contributed by atoms with E-state index in [2.05, 4.69) is 18.8 Å². The molecule has 2 aromatic rings. The lowest BCUT2D eigenvalue weighted by atomic mass is 10.2. The summed E-state index contributed by atoms with van der Waals surface area (Å²) >= 11 is 1.64. The third kappa shape index (κ3) is 1.82. The van der Waals surface area contributed by atoms with Crippen LogP contribution >= 0.6 is 11.3 Å². The highest BCUT2D eigenvalue weighted by Gasteiger charge is 2.14. The van der Waals surface area contributed by atoms with E-state index in [9.17, 15) is 4.79 Å². The molecule has 86 valence electrons. The van der Waals surface area contributed by atoms with E-state index in [1.807, 2.05) is 10.6 Å². The molecule has 0 saturated heterocycles. The van der Waals surface area contributed by atoms with Crippen molar-refractivity contribution in [1.29, 1.82) is 0 Å². The zero-order chi connectivity index (χ0) is 11.9. The van der Waals surface area contributed by atoms with E-state index in [1.54, 1.807) is 31.6 Å². The van der Waals surface area contributed by atoms with Crippen LogP contribution in [-0.2, 0) is 0 Å². The number of amides is 1. The van der Waals surface area contributed by atoms with Gasteiger partial charge in [0.2, 0.25) is 0 Å². The Hall–Kier alpha value is -1.36. The predicted octanol–water partition coefficient (Wildman–Crippen LogP) is 2.22. The SMILES string of the molecule is CC(C)c1cn2cc(C(=O)N(C)C)nc2s1. The lowest BCUT2D eigenvalue weighted by Crippen LogP contribution is -2.21. The Bertz CT molecular complexity index is 493. The van der Waals surface area contributed by atoms with Gasteiger partial charge in [-0.15, -0.1) is 11.3 Å². The van der Waals surface area contributed by atoms with E-state index < -0.39 is 0 Å². The molecule has 0 aliphatic rings. The monoisotopic (exact) mass is 237 g/mol. The number of nitrogens with zero attached hydrogens (tertiary/aromatic N) is 3. The normalized spacial score (nSPS) is 11.3. The number of rotatable bonds is 2. The molecule has 5 heteroatoms. The number of hydrogen-bond acceptors (Lipinski definition) is 3. The van der Waals surface area contributed by atoms with Crippen LogP contribution in [0.3, 0.4) is 0 Å². The molecule has 0 aliphatic carbocycles. The standard InChI is InChI=1S/C11H15N3OS/c1-7(2)9-6-14-5-8(10(15)13(3)4)12-11(14)16-9/h5-7H,1-4H3. The number of fused-ring (bicyclic) bond motifs is 1. The minimum atomic E-state index is -0.0537. The third-order valence-corrected chi connectivity index (χ3v) is 3.67. The van der Waals surface area contributed by atoms with E-state index in [-0.39, 0.29) is 5.91 Å². The zero-order valence-electron chi connectivity index (χ0n) is 9.89. The fraction of sp³-hybridized carbons (Fsp3) is 0.455. The van der Waals surface area contributed by atoms with Crippen LogP contribution < -0.4 is 0 Å². The molecular formula is C11H15N3OS. The molecule has 0 fully saturated rings. The van der Waals surface area contributed by atoms with Crippen LogP contribution in [0.15, 0.2) is 12.4 Å². The highest BCUT2D eigenvalue weighted by molar-refractivity contribution is 7.17. The van der Waals surface area contributed by atoms with Gasteiger partial charge in [-0.05, 0) is 5.92 Å². The Morgan fingerprint density at radius 2 is 2.12 bits per heavy atom. The number of thiazole rings is 1. The molecule has 0 aromatic carbocycles. The maximum absolute atomic E-state index is 11.7. The summed E-state index contributed by atoms with van der Waals surface area (Å²) in [5.41, 5.74) is 0.506. The first-order chi connectivity index (χ1) is 7.49. The highest BCUT2D eigenvalue weighted by atomic mass is 32.1. The van der Waals surface area contributed by atoms with Crippen molar-refractivity contribution in [2.75, 3.05) is 14.1 Å². The van der Waals surface area contributed by atoms with Gasteiger partial charge >= 0.3 is 0 Å². The average Bonchev–Trinajstić information content (AvgIpc) is 2.72. The maximum Gasteiger partial charge on any atom is 0.273 e. The summed E-state index contributed by atoms with van der Waals surface area (Å²) in [6.07, 6.45) is 3.84. The van der Waals surface area contributed by atoms with E-state index >= 15 is 0 Å². The molecular weight excluding hydrogens is 222 g/mol. The second-order valence-electron chi connectivity index (χ2n) is 4.30. The Morgan fingerprint density at radius 3 is 2.62 bits per heavy atom. The van der Waals surface area contributed by atoms with Gasteiger partial charge in [0.05, 0.1) is 0 Å². The van der Waals surface area contributed by atoms with Crippen molar-refractivity contribution in [3.8, 4) is 0 Å². The topological polar surface area (TPSA) is 37.6 Å². The first kappa shape index (κ1) is 11.1. The summed E-state index contributed by atoms with van der Waals surface area (Å²) in [5.74, 6) is 0.446. The number of hydrogen-bond donors (Lipinski definition) is 0. The number of carbonyl (C=O) groups is 1. The fourth-order valence-corrected chi connectivity index (χ4v) is 2.38. The number of imidazole rings is 1. The molecule has 0 spiro atoms. The Kier molecular flexibility index (Phi) is 2.71. The molecule has 0 N–H and O–H groups in total. The molecule has 2 aromatic heterocycles. The first-order valence-electron chi connectivity index (χ1n) is 5.19. The molecule has 0 bridgehead atoms. The lowest BCUT2D eigenvalue weighted by Gasteiger charge is -2.06. The van der Waals surface area contributed by atoms with Crippen molar-refractivity contribution in [2.45, 2.75) is 19.8 Å². The van der Waals surface area contributed by atoms with Crippen molar-refractivity contribution < 1.29 is 4.79 Å². The van der Waals surface area contributed by atoms with Crippen LogP contribution in [0.4, 0.5) is 0 Å². The van der Waals surface area contributed by atoms with E-state index in [4.69, 9.17) is 0 Å². The molecule has 0 unspecified atom stereocenters. The van der Waals surface area contributed by atoms with Crippen LogP contribution in [0.1, 0.15) is 35.1 Å². The summed E-state index contributed by atoms with van der Waals surface area (Å²) in [6, 6.07) is 0. The molecule has 1 amide bonds. The summed E-state index contributed by atoms with van der Waals surface area (Å²) in [7, 11) is 3.46. The summed E-state index contributed by atoms with van der Waals surface area (Å²) in [4.78, 5) is 19.7. The fourth-order valence-electron chi connectivity index (χ4n) is 1.41. The van der Waals surface area contributed by atoms with Crippen molar-refractivity contribution in [2.24, 2.45) is 0 Å². The van der Waals surface area contributed by atoms with Gasteiger partial charge in [-0.3, -0.25) is 9.20 Å². The quantitative estimate of drug-likeness (QED) is 0.803. The Labute approximate surface area is 98.5 Å². The van der Waals surface area contributed by atoms with Gasteiger partial charge in [0.1, 0.15) is 5.69 Å². The van der Waals surface area contributed by atoms with Crippen LogP contribution in [0.25, 0.3) is 4.96 Å². The average molecular weight is 237 g/mol. The van der Waals surface area contributed by atoms with Gasteiger partial charge in [-0.25, -0.2) is 4.98 Å². The van der Waals surface area contributed by atoms with Crippen LogP contribution in [-0.4, -0.2) is 34.3 Å². The Morgan fingerprint density at radius 1 is 1.44 bits per heavy atom. The largest absolute Gasteiger partial charge is 0.343 e. The van der Waals surface area contributed by atoms with E-state index in [1.165, 1.54) is 9.78 Å². The van der Waals surface area contributed by atoms with Crippen molar-refractivity contribution in [1.82, 2.24) is 14.3 Å². The highest BCUT2D eigenvalue weighted by Crippen LogP contribution is 2.24. The van der Waals surface area contributed by atoms with E-state index in [0.717, 1.165) is 4.96 Å². The summed E-state index contributed by atoms with van der Waals surface area (Å²) in [5, 5.41) is 0. The van der Waals surface area contributed by atoms with Gasteiger partial charge in [0.25, 0.3) is 5.91 Å². The van der Waals surface area contributed by atoms with Crippen molar-refractivity contribution in [3.63, 3.8) is 0 Å². The van der Waals surface area contributed by atoms with Crippen LogP contribution in [0, 0.1) is 0 Å². The molecule has 2 heterocycles. The molecule has 2 rings (SSSR count). The zero-order valence-corrected chi connectivity index (χ0v) is 10.7.